The van der Waals surface area contributed by atoms with Crippen molar-refractivity contribution in [2.75, 3.05) is 0 Å². The molecule has 0 saturated carbocycles. The van der Waals surface area contributed by atoms with Crippen molar-refractivity contribution in [2.24, 2.45) is 0 Å². The quantitative estimate of drug-likeness (QED) is 0.472. The number of hydrogen-bond donors (Lipinski definition) is 0. The third-order valence-electron chi connectivity index (χ3n) is 3.83. The second-order valence-corrected chi connectivity index (χ2v) is 6.57. The summed E-state index contributed by atoms with van der Waals surface area (Å²) in [5, 5.41) is -0.0133. The van der Waals surface area contributed by atoms with E-state index in [-0.39, 0.29) is 16.4 Å². The lowest BCUT2D eigenvalue weighted by atomic mass is 10.1. The molecule has 1 aromatic heterocycles. The minimum atomic E-state index is -0.569. The van der Waals surface area contributed by atoms with Crippen molar-refractivity contribution in [1.82, 2.24) is 0 Å². The summed E-state index contributed by atoms with van der Waals surface area (Å²) in [6.45, 7) is 0. The van der Waals surface area contributed by atoms with Crippen molar-refractivity contribution in [1.29, 1.82) is 0 Å². The van der Waals surface area contributed by atoms with E-state index in [1.165, 1.54) is 17.8 Å². The van der Waals surface area contributed by atoms with Crippen LogP contribution < -0.4 is 5.43 Å². The number of fused-ring (bicyclic) bond motifs is 1. The SMILES string of the molecule is O=c1c(Sc2ccccc2)c(-c2ccccc2)oc2cccc(F)c12. The van der Waals surface area contributed by atoms with Gasteiger partial charge < -0.3 is 4.42 Å². The Labute approximate surface area is 147 Å². The van der Waals surface area contributed by atoms with Crippen molar-refractivity contribution in [3.63, 3.8) is 0 Å². The molecule has 4 rings (SSSR count). The lowest BCUT2D eigenvalue weighted by Crippen LogP contribution is -2.08. The average molecular weight is 348 g/mol. The van der Waals surface area contributed by atoms with E-state index < -0.39 is 5.82 Å². The first-order chi connectivity index (χ1) is 12.2. The molecule has 2 nitrogen and oxygen atoms in total. The van der Waals surface area contributed by atoms with E-state index in [0.29, 0.717) is 10.7 Å². The second kappa shape index (κ2) is 6.57. The van der Waals surface area contributed by atoms with Crippen LogP contribution in [0.1, 0.15) is 0 Å². The maximum atomic E-state index is 14.2. The molecule has 3 aromatic carbocycles. The molecule has 0 N–H and O–H groups in total. The fourth-order valence-electron chi connectivity index (χ4n) is 2.66. The first kappa shape index (κ1) is 15.7. The van der Waals surface area contributed by atoms with Gasteiger partial charge in [-0.1, -0.05) is 66.4 Å². The van der Waals surface area contributed by atoms with Gasteiger partial charge in [0.1, 0.15) is 21.7 Å². The van der Waals surface area contributed by atoms with E-state index in [0.717, 1.165) is 10.5 Å². The molecule has 1 heterocycles. The number of rotatable bonds is 3. The van der Waals surface area contributed by atoms with Gasteiger partial charge in [-0.25, -0.2) is 4.39 Å². The molecule has 0 spiro atoms. The summed E-state index contributed by atoms with van der Waals surface area (Å²) in [4.78, 5) is 14.3. The zero-order valence-corrected chi connectivity index (χ0v) is 13.9. The summed E-state index contributed by atoms with van der Waals surface area (Å²) in [6.07, 6.45) is 0. The Hall–Kier alpha value is -2.85. The van der Waals surface area contributed by atoms with E-state index in [1.54, 1.807) is 12.1 Å². The zero-order chi connectivity index (χ0) is 17.2. The Morgan fingerprint density at radius 3 is 2.20 bits per heavy atom. The summed E-state index contributed by atoms with van der Waals surface area (Å²) in [7, 11) is 0. The molecule has 0 aliphatic rings. The van der Waals surface area contributed by atoms with Crippen molar-refractivity contribution >= 4 is 22.7 Å². The Balaban J connectivity index is 2.02. The highest BCUT2D eigenvalue weighted by molar-refractivity contribution is 7.99. The molecule has 0 atom stereocenters. The van der Waals surface area contributed by atoms with Gasteiger partial charge in [-0.05, 0) is 24.3 Å². The van der Waals surface area contributed by atoms with Gasteiger partial charge in [-0.3, -0.25) is 4.79 Å². The summed E-state index contributed by atoms with van der Waals surface area (Å²) >= 11 is 1.29. The molecule has 122 valence electrons. The van der Waals surface area contributed by atoms with Crippen molar-refractivity contribution in [3.8, 4) is 11.3 Å². The Morgan fingerprint density at radius 2 is 1.48 bits per heavy atom. The summed E-state index contributed by atoms with van der Waals surface area (Å²) < 4.78 is 20.2. The van der Waals surface area contributed by atoms with E-state index in [4.69, 9.17) is 4.42 Å². The van der Waals surface area contributed by atoms with E-state index in [9.17, 15) is 9.18 Å². The maximum Gasteiger partial charge on any atom is 0.210 e. The minimum absolute atomic E-state index is 0.0133. The van der Waals surface area contributed by atoms with E-state index >= 15 is 0 Å². The Kier molecular flexibility index (Phi) is 4.12. The van der Waals surface area contributed by atoms with Gasteiger partial charge >= 0.3 is 0 Å². The van der Waals surface area contributed by atoms with Gasteiger partial charge in [-0.2, -0.15) is 0 Å². The number of halogens is 1. The van der Waals surface area contributed by atoms with Crippen molar-refractivity contribution < 1.29 is 8.81 Å². The van der Waals surface area contributed by atoms with Crippen molar-refractivity contribution in [3.05, 3.63) is 94.9 Å². The number of benzene rings is 3. The lowest BCUT2D eigenvalue weighted by Gasteiger charge is -2.10. The molecule has 0 radical (unpaired) electrons. The van der Waals surface area contributed by atoms with Crippen LogP contribution in [0.25, 0.3) is 22.3 Å². The molecule has 0 bridgehead atoms. The van der Waals surface area contributed by atoms with Crippen LogP contribution in [0.15, 0.2) is 97.9 Å². The zero-order valence-electron chi connectivity index (χ0n) is 13.1. The first-order valence-corrected chi connectivity index (χ1v) is 8.59. The highest BCUT2D eigenvalue weighted by Crippen LogP contribution is 2.36. The summed E-state index contributed by atoms with van der Waals surface area (Å²) in [5.41, 5.74) is 0.678. The van der Waals surface area contributed by atoms with Gasteiger partial charge in [0.15, 0.2) is 5.76 Å². The van der Waals surface area contributed by atoms with Gasteiger partial charge in [0.05, 0.1) is 0 Å². The van der Waals surface area contributed by atoms with E-state index in [2.05, 4.69) is 0 Å². The molecule has 0 saturated heterocycles. The molecular formula is C21H13FO2S. The van der Waals surface area contributed by atoms with Crippen LogP contribution in [-0.4, -0.2) is 0 Å². The third kappa shape index (κ3) is 2.96. The standard InChI is InChI=1S/C21H13FO2S/c22-16-12-7-13-17-18(16)19(23)21(25-15-10-5-2-6-11-15)20(24-17)14-8-3-1-4-9-14/h1-13H. The molecule has 0 aliphatic carbocycles. The fraction of sp³-hybridized carbons (Fsp3) is 0. The van der Waals surface area contributed by atoms with Crippen LogP contribution in [0.3, 0.4) is 0 Å². The topological polar surface area (TPSA) is 30.2 Å². The largest absolute Gasteiger partial charge is 0.455 e. The molecule has 0 unspecified atom stereocenters. The monoisotopic (exact) mass is 348 g/mol. The molecule has 4 aromatic rings. The third-order valence-corrected chi connectivity index (χ3v) is 4.91. The highest BCUT2D eigenvalue weighted by Gasteiger charge is 2.19. The first-order valence-electron chi connectivity index (χ1n) is 7.77. The smallest absolute Gasteiger partial charge is 0.210 e. The van der Waals surface area contributed by atoms with Crippen molar-refractivity contribution in [2.45, 2.75) is 9.79 Å². The fourth-order valence-corrected chi connectivity index (χ4v) is 3.64. The van der Waals surface area contributed by atoms with Crippen LogP contribution in [0, 0.1) is 5.82 Å². The second-order valence-electron chi connectivity index (χ2n) is 5.48. The average Bonchev–Trinajstić information content (AvgIpc) is 2.65. The normalized spacial score (nSPS) is 10.9. The van der Waals surface area contributed by atoms with Crippen LogP contribution in [0.5, 0.6) is 0 Å². The van der Waals surface area contributed by atoms with Gasteiger partial charge in [0.25, 0.3) is 0 Å². The predicted molar refractivity (Wildman–Crippen MR) is 98.4 cm³/mol. The summed E-state index contributed by atoms with van der Waals surface area (Å²) in [6, 6.07) is 23.3. The molecule has 0 fully saturated rings. The molecule has 0 amide bonds. The molecular weight excluding hydrogens is 335 g/mol. The summed E-state index contributed by atoms with van der Waals surface area (Å²) in [5.74, 6) is -0.113. The Morgan fingerprint density at radius 1 is 0.800 bits per heavy atom. The molecule has 0 aliphatic heterocycles. The Bertz CT molecular complexity index is 1090. The highest BCUT2D eigenvalue weighted by atomic mass is 32.2. The maximum absolute atomic E-state index is 14.2. The molecule has 4 heteroatoms. The van der Waals surface area contributed by atoms with Crippen LogP contribution in [0.4, 0.5) is 4.39 Å². The minimum Gasteiger partial charge on any atom is -0.455 e. The predicted octanol–water partition coefficient (Wildman–Crippen LogP) is 5.75. The van der Waals surface area contributed by atoms with Gasteiger partial charge in [0.2, 0.25) is 5.43 Å². The molecule has 25 heavy (non-hydrogen) atoms. The van der Waals surface area contributed by atoms with E-state index in [1.807, 2.05) is 60.7 Å². The van der Waals surface area contributed by atoms with Crippen LogP contribution >= 0.6 is 11.8 Å². The van der Waals surface area contributed by atoms with Gasteiger partial charge in [0, 0.05) is 10.5 Å². The lowest BCUT2D eigenvalue weighted by molar-refractivity contribution is 0.593. The number of hydrogen-bond acceptors (Lipinski definition) is 3. The van der Waals surface area contributed by atoms with Gasteiger partial charge in [-0.15, -0.1) is 0 Å². The van der Waals surface area contributed by atoms with Crippen LogP contribution in [-0.2, 0) is 0 Å². The van der Waals surface area contributed by atoms with Crippen LogP contribution in [0.2, 0.25) is 0 Å².